The van der Waals surface area contributed by atoms with Crippen molar-refractivity contribution in [2.24, 2.45) is 0 Å². The molecule has 4 nitrogen and oxygen atoms in total. The Morgan fingerprint density at radius 1 is 0.727 bits per heavy atom. The first-order valence-electron chi connectivity index (χ1n) is 6.97. The van der Waals surface area contributed by atoms with Crippen molar-refractivity contribution in [2.45, 2.75) is 13.8 Å². The molecule has 0 radical (unpaired) electrons. The van der Waals surface area contributed by atoms with Crippen LogP contribution in [-0.4, -0.2) is 11.8 Å². The van der Waals surface area contributed by atoms with Crippen LogP contribution >= 0.6 is 0 Å². The minimum Gasteiger partial charge on any atom is -0.322 e. The summed E-state index contributed by atoms with van der Waals surface area (Å²) in [5.74, 6) is -0.677. The Kier molecular flexibility index (Phi) is 5.09. The molecule has 0 aliphatic carbocycles. The molecule has 0 saturated carbocycles. The number of aryl methyl sites for hydroxylation is 2. The highest BCUT2D eigenvalue weighted by Gasteiger charge is 2.03. The van der Waals surface area contributed by atoms with Crippen LogP contribution in [-0.2, 0) is 9.59 Å². The molecule has 2 amide bonds. The summed E-state index contributed by atoms with van der Waals surface area (Å²) in [5, 5.41) is 5.47. The lowest BCUT2D eigenvalue weighted by Crippen LogP contribution is -2.13. The molecule has 4 heteroatoms. The number of hydrogen-bond acceptors (Lipinski definition) is 2. The maximum Gasteiger partial charge on any atom is 0.248 e. The third kappa shape index (κ3) is 4.31. The van der Waals surface area contributed by atoms with Crippen molar-refractivity contribution in [1.29, 1.82) is 0 Å². The van der Waals surface area contributed by atoms with Gasteiger partial charge in [0.15, 0.2) is 0 Å². The minimum absolute atomic E-state index is 0.339. The second-order valence-corrected chi connectivity index (χ2v) is 4.94. The Labute approximate surface area is 129 Å². The zero-order chi connectivity index (χ0) is 15.9. The van der Waals surface area contributed by atoms with E-state index in [1.54, 1.807) is 0 Å². The Morgan fingerprint density at radius 3 is 1.45 bits per heavy atom. The summed E-state index contributed by atoms with van der Waals surface area (Å²) in [6.45, 7) is 3.81. The molecule has 0 heterocycles. The van der Waals surface area contributed by atoms with Gasteiger partial charge >= 0.3 is 0 Å². The molecule has 2 rings (SSSR count). The minimum atomic E-state index is -0.339. The van der Waals surface area contributed by atoms with Crippen LogP contribution in [0.15, 0.2) is 60.7 Å². The second-order valence-electron chi connectivity index (χ2n) is 4.94. The molecule has 0 saturated heterocycles. The van der Waals surface area contributed by atoms with Crippen LogP contribution in [0.4, 0.5) is 11.4 Å². The van der Waals surface area contributed by atoms with Crippen LogP contribution in [0, 0.1) is 13.8 Å². The molecule has 0 fully saturated rings. The van der Waals surface area contributed by atoms with Crippen molar-refractivity contribution in [1.82, 2.24) is 0 Å². The molecule has 0 aliphatic rings. The SMILES string of the molecule is Cc1ccccc1NC(=O)C=CC(=O)Nc1ccccc1C. The van der Waals surface area contributed by atoms with Crippen molar-refractivity contribution < 1.29 is 9.59 Å². The second kappa shape index (κ2) is 7.22. The number of anilines is 2. The highest BCUT2D eigenvalue weighted by molar-refractivity contribution is 6.07. The van der Waals surface area contributed by atoms with Gasteiger partial charge in [0.2, 0.25) is 11.8 Å². The number of carbonyl (C=O) groups excluding carboxylic acids is 2. The van der Waals surface area contributed by atoms with Gasteiger partial charge in [-0.3, -0.25) is 9.59 Å². The van der Waals surface area contributed by atoms with Gasteiger partial charge in [0.25, 0.3) is 0 Å². The number of para-hydroxylation sites is 2. The molecule has 2 N–H and O–H groups in total. The van der Waals surface area contributed by atoms with E-state index in [9.17, 15) is 9.59 Å². The summed E-state index contributed by atoms with van der Waals surface area (Å²) in [5.41, 5.74) is 3.40. The molecule has 2 aromatic carbocycles. The number of carbonyl (C=O) groups is 2. The topological polar surface area (TPSA) is 58.2 Å². The zero-order valence-corrected chi connectivity index (χ0v) is 12.6. The maximum atomic E-state index is 11.8. The Balaban J connectivity index is 1.94. The fourth-order valence-corrected chi connectivity index (χ4v) is 1.93. The lowest BCUT2D eigenvalue weighted by Gasteiger charge is -2.06. The normalized spacial score (nSPS) is 10.5. The van der Waals surface area contributed by atoms with E-state index in [4.69, 9.17) is 0 Å². The fraction of sp³-hybridized carbons (Fsp3) is 0.111. The van der Waals surface area contributed by atoms with Crippen LogP contribution in [0.2, 0.25) is 0 Å². The third-order valence-electron chi connectivity index (χ3n) is 3.19. The van der Waals surface area contributed by atoms with Crippen LogP contribution in [0.1, 0.15) is 11.1 Å². The number of rotatable bonds is 4. The molecule has 112 valence electrons. The van der Waals surface area contributed by atoms with E-state index in [0.717, 1.165) is 22.5 Å². The smallest absolute Gasteiger partial charge is 0.248 e. The van der Waals surface area contributed by atoms with Crippen LogP contribution in [0.25, 0.3) is 0 Å². The van der Waals surface area contributed by atoms with Gasteiger partial charge in [0, 0.05) is 23.5 Å². The molecular weight excluding hydrogens is 276 g/mol. The van der Waals surface area contributed by atoms with Crippen LogP contribution < -0.4 is 10.6 Å². The average molecular weight is 294 g/mol. The molecule has 2 aromatic rings. The van der Waals surface area contributed by atoms with Crippen molar-refractivity contribution in [2.75, 3.05) is 10.6 Å². The van der Waals surface area contributed by atoms with E-state index >= 15 is 0 Å². The van der Waals surface area contributed by atoms with Gasteiger partial charge in [-0.25, -0.2) is 0 Å². The Bertz CT molecular complexity index is 659. The third-order valence-corrected chi connectivity index (χ3v) is 3.19. The largest absolute Gasteiger partial charge is 0.322 e. The monoisotopic (exact) mass is 294 g/mol. The summed E-state index contributed by atoms with van der Waals surface area (Å²) in [7, 11) is 0. The number of nitrogens with one attached hydrogen (secondary N) is 2. The zero-order valence-electron chi connectivity index (χ0n) is 12.6. The van der Waals surface area contributed by atoms with Crippen molar-refractivity contribution in [3.05, 3.63) is 71.8 Å². The predicted molar refractivity (Wildman–Crippen MR) is 88.8 cm³/mol. The fourth-order valence-electron chi connectivity index (χ4n) is 1.93. The lowest BCUT2D eigenvalue weighted by atomic mass is 10.2. The van der Waals surface area contributed by atoms with E-state index < -0.39 is 0 Å². The summed E-state index contributed by atoms with van der Waals surface area (Å²) in [4.78, 5) is 23.6. The highest BCUT2D eigenvalue weighted by Crippen LogP contribution is 2.14. The molecule has 0 atom stereocenters. The van der Waals surface area contributed by atoms with Gasteiger partial charge in [-0.15, -0.1) is 0 Å². The van der Waals surface area contributed by atoms with Gasteiger partial charge in [-0.05, 0) is 37.1 Å². The first-order chi connectivity index (χ1) is 10.6. The summed E-state index contributed by atoms with van der Waals surface area (Å²) in [6.07, 6.45) is 2.44. The molecule has 22 heavy (non-hydrogen) atoms. The summed E-state index contributed by atoms with van der Waals surface area (Å²) < 4.78 is 0. The molecule has 0 bridgehead atoms. The van der Waals surface area contributed by atoms with Gasteiger partial charge in [-0.1, -0.05) is 36.4 Å². The van der Waals surface area contributed by atoms with Gasteiger partial charge in [-0.2, -0.15) is 0 Å². The van der Waals surface area contributed by atoms with E-state index in [1.165, 1.54) is 12.2 Å². The van der Waals surface area contributed by atoms with E-state index in [1.807, 2.05) is 62.4 Å². The molecule has 0 aromatic heterocycles. The number of benzene rings is 2. The van der Waals surface area contributed by atoms with E-state index in [-0.39, 0.29) is 11.8 Å². The van der Waals surface area contributed by atoms with Crippen LogP contribution in [0.3, 0.4) is 0 Å². The number of amides is 2. The van der Waals surface area contributed by atoms with Crippen molar-refractivity contribution in [3.8, 4) is 0 Å². The quantitative estimate of drug-likeness (QED) is 0.849. The summed E-state index contributed by atoms with van der Waals surface area (Å²) in [6, 6.07) is 14.9. The maximum absolute atomic E-state index is 11.8. The van der Waals surface area contributed by atoms with Crippen LogP contribution in [0.5, 0.6) is 0 Å². The van der Waals surface area contributed by atoms with Gasteiger partial charge < -0.3 is 10.6 Å². The molecule has 0 unspecified atom stereocenters. The van der Waals surface area contributed by atoms with E-state index in [0.29, 0.717) is 0 Å². The van der Waals surface area contributed by atoms with E-state index in [2.05, 4.69) is 10.6 Å². The highest BCUT2D eigenvalue weighted by atomic mass is 16.2. The molecule has 0 spiro atoms. The molecule has 0 aliphatic heterocycles. The standard InChI is InChI=1S/C18H18N2O2/c1-13-7-3-5-9-15(13)19-17(21)11-12-18(22)20-16-10-6-4-8-14(16)2/h3-12H,1-2H3,(H,19,21)(H,20,22). The van der Waals surface area contributed by atoms with Crippen molar-refractivity contribution >= 4 is 23.2 Å². The lowest BCUT2D eigenvalue weighted by molar-refractivity contribution is -0.114. The first kappa shape index (κ1) is 15.5. The van der Waals surface area contributed by atoms with Gasteiger partial charge in [0.05, 0.1) is 0 Å². The predicted octanol–water partition coefficient (Wildman–Crippen LogP) is 3.44. The van der Waals surface area contributed by atoms with Crippen molar-refractivity contribution in [3.63, 3.8) is 0 Å². The first-order valence-corrected chi connectivity index (χ1v) is 6.97. The average Bonchev–Trinajstić information content (AvgIpc) is 2.50. The Morgan fingerprint density at radius 2 is 1.09 bits per heavy atom. The molecular formula is C18H18N2O2. The summed E-state index contributed by atoms with van der Waals surface area (Å²) >= 11 is 0. The van der Waals surface area contributed by atoms with Gasteiger partial charge in [0.1, 0.15) is 0 Å². The Hall–Kier alpha value is -2.88. The number of hydrogen-bond donors (Lipinski definition) is 2.